The first-order valence-corrected chi connectivity index (χ1v) is 4.44. The monoisotopic (exact) mass is 163 g/mol. The summed E-state index contributed by atoms with van der Waals surface area (Å²) < 4.78 is 0. The Hall–Kier alpha value is -0.820. The molecular weight excluding hydrogens is 146 g/mol. The lowest BCUT2D eigenvalue weighted by Gasteiger charge is -2.17. The van der Waals surface area contributed by atoms with E-state index in [1.54, 1.807) is 0 Å². The lowest BCUT2D eigenvalue weighted by atomic mass is 9.99. The SMILES string of the molecule is C=CC1=C(C=C(C)C)CCNC1. The number of hydrogen-bond acceptors (Lipinski definition) is 1. The van der Waals surface area contributed by atoms with Crippen molar-refractivity contribution in [2.45, 2.75) is 20.3 Å². The van der Waals surface area contributed by atoms with Crippen LogP contribution in [0.5, 0.6) is 0 Å². The predicted molar refractivity (Wildman–Crippen MR) is 54.1 cm³/mol. The summed E-state index contributed by atoms with van der Waals surface area (Å²) in [6.45, 7) is 10.2. The fourth-order valence-electron chi connectivity index (χ4n) is 1.44. The second-order valence-electron chi connectivity index (χ2n) is 3.40. The van der Waals surface area contributed by atoms with E-state index in [-0.39, 0.29) is 0 Å². The van der Waals surface area contributed by atoms with Crippen molar-refractivity contribution in [3.05, 3.63) is 35.5 Å². The highest BCUT2D eigenvalue weighted by Gasteiger charge is 2.06. The van der Waals surface area contributed by atoms with Crippen molar-refractivity contribution in [2.75, 3.05) is 13.1 Å². The Morgan fingerprint density at radius 3 is 2.75 bits per heavy atom. The zero-order valence-electron chi connectivity index (χ0n) is 7.98. The molecule has 0 atom stereocenters. The molecule has 1 N–H and O–H groups in total. The van der Waals surface area contributed by atoms with Crippen LogP contribution in [0.1, 0.15) is 20.3 Å². The molecule has 0 saturated heterocycles. The van der Waals surface area contributed by atoms with E-state index in [0.29, 0.717) is 0 Å². The van der Waals surface area contributed by atoms with E-state index < -0.39 is 0 Å². The summed E-state index contributed by atoms with van der Waals surface area (Å²) in [6.07, 6.45) is 5.35. The molecule has 1 heterocycles. The van der Waals surface area contributed by atoms with Gasteiger partial charge in [0.15, 0.2) is 0 Å². The second kappa shape index (κ2) is 4.27. The van der Waals surface area contributed by atoms with Crippen LogP contribution in [0, 0.1) is 0 Å². The van der Waals surface area contributed by atoms with Crippen molar-refractivity contribution in [1.29, 1.82) is 0 Å². The molecule has 0 aromatic rings. The van der Waals surface area contributed by atoms with Gasteiger partial charge < -0.3 is 5.32 Å². The third-order valence-electron chi connectivity index (χ3n) is 2.01. The molecule has 0 unspecified atom stereocenters. The molecule has 0 aromatic carbocycles. The Morgan fingerprint density at radius 1 is 1.42 bits per heavy atom. The average molecular weight is 163 g/mol. The van der Waals surface area contributed by atoms with Crippen LogP contribution in [0.15, 0.2) is 35.5 Å². The maximum atomic E-state index is 3.81. The molecule has 0 amide bonds. The van der Waals surface area contributed by atoms with E-state index >= 15 is 0 Å². The van der Waals surface area contributed by atoms with Crippen molar-refractivity contribution in [1.82, 2.24) is 5.32 Å². The van der Waals surface area contributed by atoms with E-state index in [9.17, 15) is 0 Å². The topological polar surface area (TPSA) is 12.0 Å². The summed E-state index contributed by atoms with van der Waals surface area (Å²) in [5.74, 6) is 0. The third-order valence-corrected chi connectivity index (χ3v) is 2.01. The molecule has 66 valence electrons. The minimum Gasteiger partial charge on any atom is -0.312 e. The Morgan fingerprint density at radius 2 is 2.17 bits per heavy atom. The summed E-state index contributed by atoms with van der Waals surface area (Å²) in [7, 11) is 0. The zero-order valence-corrected chi connectivity index (χ0v) is 7.98. The molecule has 1 rings (SSSR count). The van der Waals surface area contributed by atoms with Gasteiger partial charge in [0, 0.05) is 6.54 Å². The van der Waals surface area contributed by atoms with Gasteiger partial charge in [0.2, 0.25) is 0 Å². The Labute approximate surface area is 74.9 Å². The van der Waals surface area contributed by atoms with Crippen LogP contribution in [0.4, 0.5) is 0 Å². The highest BCUT2D eigenvalue weighted by atomic mass is 14.9. The van der Waals surface area contributed by atoms with E-state index in [0.717, 1.165) is 19.5 Å². The van der Waals surface area contributed by atoms with E-state index in [2.05, 4.69) is 31.8 Å². The van der Waals surface area contributed by atoms with Gasteiger partial charge in [-0.15, -0.1) is 0 Å². The van der Waals surface area contributed by atoms with E-state index in [1.807, 2.05) is 6.08 Å². The molecule has 1 aliphatic heterocycles. The first-order chi connectivity index (χ1) is 5.74. The lowest BCUT2D eigenvalue weighted by molar-refractivity contribution is 0.695. The van der Waals surface area contributed by atoms with Gasteiger partial charge in [-0.2, -0.15) is 0 Å². The van der Waals surface area contributed by atoms with Gasteiger partial charge in [0.1, 0.15) is 0 Å². The van der Waals surface area contributed by atoms with Crippen molar-refractivity contribution in [2.24, 2.45) is 0 Å². The Kier molecular flexibility index (Phi) is 3.30. The van der Waals surface area contributed by atoms with Crippen molar-refractivity contribution in [3.63, 3.8) is 0 Å². The summed E-state index contributed by atoms with van der Waals surface area (Å²) >= 11 is 0. The summed E-state index contributed by atoms with van der Waals surface area (Å²) in [5, 5.41) is 3.33. The number of allylic oxidation sites excluding steroid dienone is 2. The normalized spacial score (nSPS) is 17.5. The highest BCUT2D eigenvalue weighted by Crippen LogP contribution is 2.16. The summed E-state index contributed by atoms with van der Waals surface area (Å²) in [4.78, 5) is 0. The first-order valence-electron chi connectivity index (χ1n) is 4.44. The summed E-state index contributed by atoms with van der Waals surface area (Å²) in [6, 6.07) is 0. The van der Waals surface area contributed by atoms with E-state index in [1.165, 1.54) is 16.7 Å². The highest BCUT2D eigenvalue weighted by molar-refractivity contribution is 5.36. The predicted octanol–water partition coefficient (Wildman–Crippen LogP) is 2.43. The van der Waals surface area contributed by atoms with Crippen molar-refractivity contribution >= 4 is 0 Å². The molecule has 12 heavy (non-hydrogen) atoms. The van der Waals surface area contributed by atoms with Crippen LogP contribution in [-0.4, -0.2) is 13.1 Å². The van der Waals surface area contributed by atoms with Crippen molar-refractivity contribution < 1.29 is 0 Å². The first kappa shape index (κ1) is 9.27. The van der Waals surface area contributed by atoms with Gasteiger partial charge in [-0.3, -0.25) is 0 Å². The van der Waals surface area contributed by atoms with Gasteiger partial charge >= 0.3 is 0 Å². The maximum absolute atomic E-state index is 3.81. The zero-order chi connectivity index (χ0) is 8.97. The molecule has 1 nitrogen and oxygen atoms in total. The van der Waals surface area contributed by atoms with E-state index in [4.69, 9.17) is 0 Å². The van der Waals surface area contributed by atoms with Gasteiger partial charge in [0.25, 0.3) is 0 Å². The standard InChI is InChI=1S/C11H17N/c1-4-10-8-12-6-5-11(10)7-9(2)3/h4,7,12H,1,5-6,8H2,2-3H3. The molecule has 0 aliphatic carbocycles. The van der Waals surface area contributed by atoms with Crippen LogP contribution in [-0.2, 0) is 0 Å². The smallest absolute Gasteiger partial charge is 0.0208 e. The molecule has 0 spiro atoms. The number of rotatable bonds is 2. The van der Waals surface area contributed by atoms with Gasteiger partial charge in [-0.1, -0.05) is 24.3 Å². The molecule has 1 heteroatoms. The number of nitrogens with one attached hydrogen (secondary N) is 1. The second-order valence-corrected chi connectivity index (χ2v) is 3.40. The minimum absolute atomic E-state index is 0.975. The van der Waals surface area contributed by atoms with Crippen LogP contribution in [0.25, 0.3) is 0 Å². The average Bonchev–Trinajstić information content (AvgIpc) is 2.04. The maximum Gasteiger partial charge on any atom is 0.0208 e. The van der Waals surface area contributed by atoms with Crippen LogP contribution in [0.2, 0.25) is 0 Å². The molecule has 0 bridgehead atoms. The van der Waals surface area contributed by atoms with Crippen LogP contribution in [0.3, 0.4) is 0 Å². The van der Waals surface area contributed by atoms with Crippen LogP contribution < -0.4 is 5.32 Å². The quantitative estimate of drug-likeness (QED) is 0.659. The third kappa shape index (κ3) is 2.35. The summed E-state index contributed by atoms with van der Waals surface area (Å²) in [5.41, 5.74) is 4.16. The molecule has 0 aromatic heterocycles. The molecule has 0 fully saturated rings. The largest absolute Gasteiger partial charge is 0.312 e. The molecular formula is C11H17N. The Balaban J connectivity index is 2.87. The lowest BCUT2D eigenvalue weighted by Crippen LogP contribution is -2.23. The Bertz CT molecular complexity index is 229. The van der Waals surface area contributed by atoms with Gasteiger partial charge in [0.05, 0.1) is 0 Å². The molecule has 1 aliphatic rings. The fraction of sp³-hybridized carbons (Fsp3) is 0.455. The molecule has 0 saturated carbocycles. The molecule has 0 radical (unpaired) electrons. The fourth-order valence-corrected chi connectivity index (χ4v) is 1.44. The number of hydrogen-bond donors (Lipinski definition) is 1. The van der Waals surface area contributed by atoms with Crippen LogP contribution >= 0.6 is 0 Å². The van der Waals surface area contributed by atoms with Gasteiger partial charge in [-0.05, 0) is 38.0 Å². The minimum atomic E-state index is 0.975. The van der Waals surface area contributed by atoms with Crippen molar-refractivity contribution in [3.8, 4) is 0 Å². The van der Waals surface area contributed by atoms with Gasteiger partial charge in [-0.25, -0.2) is 0 Å².